The first-order valence-corrected chi connectivity index (χ1v) is 10.4. The quantitative estimate of drug-likeness (QED) is 0.558. The molecule has 1 aromatic carbocycles. The number of alkyl halides is 3. The lowest BCUT2D eigenvalue weighted by atomic mass is 10.1. The Morgan fingerprint density at radius 1 is 1.06 bits per heavy atom. The molecule has 1 fully saturated rings. The van der Waals surface area contributed by atoms with E-state index in [0.717, 1.165) is 11.8 Å². The minimum atomic E-state index is -4.82. The number of aromatic nitrogens is 4. The van der Waals surface area contributed by atoms with Crippen LogP contribution in [0.2, 0.25) is 5.02 Å². The fourth-order valence-corrected chi connectivity index (χ4v) is 3.74. The second kappa shape index (κ2) is 9.36. The molecule has 8 nitrogen and oxygen atoms in total. The number of nitrogens with zero attached hydrogens (tertiary/aromatic N) is 6. The van der Waals surface area contributed by atoms with E-state index in [1.807, 2.05) is 12.1 Å². The number of piperazine rings is 1. The second-order valence-corrected chi connectivity index (χ2v) is 7.88. The molecule has 0 radical (unpaired) electrons. The summed E-state index contributed by atoms with van der Waals surface area (Å²) in [4.78, 5) is 16.5. The van der Waals surface area contributed by atoms with Crippen LogP contribution in [0.15, 0.2) is 42.6 Å². The van der Waals surface area contributed by atoms with Crippen molar-refractivity contribution in [2.24, 2.45) is 0 Å². The van der Waals surface area contributed by atoms with E-state index in [1.54, 1.807) is 12.1 Å². The van der Waals surface area contributed by atoms with Crippen LogP contribution in [-0.4, -0.2) is 69.0 Å². The number of rotatable bonds is 5. The van der Waals surface area contributed by atoms with Crippen LogP contribution in [0.4, 0.5) is 13.2 Å². The fraction of sp³-hybridized carbons (Fsp3) is 0.333. The summed E-state index contributed by atoms with van der Waals surface area (Å²) in [6.07, 6.45) is -3.89. The minimum absolute atomic E-state index is 0.146. The highest BCUT2D eigenvalue weighted by atomic mass is 35.5. The molecule has 1 amide bonds. The van der Waals surface area contributed by atoms with Gasteiger partial charge in [-0.2, -0.15) is 18.3 Å². The molecule has 4 rings (SSSR count). The van der Waals surface area contributed by atoms with Crippen LogP contribution < -0.4 is 4.74 Å². The third kappa shape index (κ3) is 5.09. The van der Waals surface area contributed by atoms with Gasteiger partial charge in [0.25, 0.3) is 5.91 Å². The average Bonchev–Trinajstić information content (AvgIpc) is 3.27. The van der Waals surface area contributed by atoms with Crippen molar-refractivity contribution < 1.29 is 22.7 Å². The molecule has 0 atom stereocenters. The molecule has 2 aromatic heterocycles. The van der Waals surface area contributed by atoms with Crippen molar-refractivity contribution in [1.82, 2.24) is 29.8 Å². The number of halogens is 4. The van der Waals surface area contributed by atoms with Gasteiger partial charge in [-0.1, -0.05) is 23.7 Å². The van der Waals surface area contributed by atoms with Gasteiger partial charge in [0, 0.05) is 43.8 Å². The maximum Gasteiger partial charge on any atom is 0.434 e. The van der Waals surface area contributed by atoms with Gasteiger partial charge in [0.1, 0.15) is 0 Å². The smallest absolute Gasteiger partial charge is 0.434 e. The summed E-state index contributed by atoms with van der Waals surface area (Å²) in [7, 11) is 1.37. The SMILES string of the molecule is COc1ccc(-n2ncc(C(=O)N3CCN(Cc4ccc(Cl)cc4)CC3)c2C(F)(F)F)nn1. The standard InChI is InChI=1S/C21H20ClF3N6O2/c1-33-18-7-6-17(27-28-18)31-19(21(23,24)25)16(12-26-31)20(32)30-10-8-29(9-11-30)13-14-2-4-15(22)5-3-14/h2-7,12H,8-11,13H2,1H3. The molecule has 1 aliphatic heterocycles. The molecule has 3 heterocycles. The Bertz CT molecular complexity index is 1110. The van der Waals surface area contributed by atoms with E-state index in [-0.39, 0.29) is 11.7 Å². The zero-order valence-electron chi connectivity index (χ0n) is 17.6. The average molecular weight is 481 g/mol. The van der Waals surface area contributed by atoms with Crippen LogP contribution in [-0.2, 0) is 12.7 Å². The lowest BCUT2D eigenvalue weighted by Gasteiger charge is -2.34. The Morgan fingerprint density at radius 2 is 1.76 bits per heavy atom. The monoisotopic (exact) mass is 480 g/mol. The lowest BCUT2D eigenvalue weighted by molar-refractivity contribution is -0.143. The molecule has 0 bridgehead atoms. The molecule has 0 unspecified atom stereocenters. The zero-order chi connectivity index (χ0) is 23.6. The summed E-state index contributed by atoms with van der Waals surface area (Å²) >= 11 is 5.91. The number of benzene rings is 1. The van der Waals surface area contributed by atoms with Crippen molar-refractivity contribution in [2.45, 2.75) is 12.7 Å². The Morgan fingerprint density at radius 3 is 2.33 bits per heavy atom. The van der Waals surface area contributed by atoms with E-state index < -0.39 is 23.3 Å². The summed E-state index contributed by atoms with van der Waals surface area (Å²) < 4.78 is 47.2. The second-order valence-electron chi connectivity index (χ2n) is 7.45. The van der Waals surface area contributed by atoms with Crippen molar-refractivity contribution in [3.05, 3.63) is 64.4 Å². The van der Waals surface area contributed by atoms with Gasteiger partial charge in [-0.15, -0.1) is 10.2 Å². The van der Waals surface area contributed by atoms with Crippen molar-refractivity contribution in [3.63, 3.8) is 0 Å². The Kier molecular flexibility index (Phi) is 6.52. The molecule has 12 heteroatoms. The van der Waals surface area contributed by atoms with Gasteiger partial charge in [-0.05, 0) is 23.8 Å². The molecule has 0 N–H and O–H groups in total. The van der Waals surface area contributed by atoms with E-state index in [1.165, 1.54) is 24.1 Å². The number of ether oxygens (including phenoxy) is 1. The van der Waals surface area contributed by atoms with Gasteiger partial charge in [-0.3, -0.25) is 9.69 Å². The molecule has 0 saturated carbocycles. The van der Waals surface area contributed by atoms with Gasteiger partial charge < -0.3 is 9.64 Å². The Hall–Kier alpha value is -3.18. The third-order valence-electron chi connectivity index (χ3n) is 5.30. The first-order chi connectivity index (χ1) is 15.8. The summed E-state index contributed by atoms with van der Waals surface area (Å²) in [5.41, 5.74) is -0.637. The largest absolute Gasteiger partial charge is 0.480 e. The summed E-state index contributed by atoms with van der Waals surface area (Å²) in [5.74, 6) is -0.747. The van der Waals surface area contributed by atoms with Crippen molar-refractivity contribution >= 4 is 17.5 Å². The van der Waals surface area contributed by atoms with Gasteiger partial charge in [-0.25, -0.2) is 4.68 Å². The number of methoxy groups -OCH3 is 1. The van der Waals surface area contributed by atoms with Crippen LogP contribution >= 0.6 is 11.6 Å². The molecule has 1 aliphatic rings. The molecule has 3 aromatic rings. The maximum atomic E-state index is 13.9. The van der Waals surface area contributed by atoms with Gasteiger partial charge >= 0.3 is 6.18 Å². The van der Waals surface area contributed by atoms with Gasteiger partial charge in [0.2, 0.25) is 5.88 Å². The predicted octanol–water partition coefficient (Wildman–Crippen LogP) is 3.30. The zero-order valence-corrected chi connectivity index (χ0v) is 18.3. The third-order valence-corrected chi connectivity index (χ3v) is 5.55. The molecule has 0 spiro atoms. The van der Waals surface area contributed by atoms with Crippen LogP contribution in [0, 0.1) is 0 Å². The molecule has 0 aliphatic carbocycles. The molecule has 174 valence electrons. The summed E-state index contributed by atoms with van der Waals surface area (Å²) in [5, 5.41) is 11.8. The minimum Gasteiger partial charge on any atom is -0.480 e. The maximum absolute atomic E-state index is 13.9. The molecular formula is C21H20ClF3N6O2. The lowest BCUT2D eigenvalue weighted by Crippen LogP contribution is -2.48. The topological polar surface area (TPSA) is 76.4 Å². The first kappa shape index (κ1) is 23.0. The van der Waals surface area contributed by atoms with Crippen LogP contribution in [0.1, 0.15) is 21.6 Å². The number of hydrogen-bond acceptors (Lipinski definition) is 6. The summed E-state index contributed by atoms with van der Waals surface area (Å²) in [6, 6.07) is 10.1. The Labute approximate surface area is 192 Å². The van der Waals surface area contributed by atoms with Gasteiger partial charge in [0.15, 0.2) is 11.5 Å². The van der Waals surface area contributed by atoms with E-state index in [4.69, 9.17) is 16.3 Å². The number of carbonyl (C=O) groups excluding carboxylic acids is 1. The first-order valence-electron chi connectivity index (χ1n) is 10.1. The fourth-order valence-electron chi connectivity index (χ4n) is 3.61. The Balaban J connectivity index is 1.50. The molecule has 1 saturated heterocycles. The van der Waals surface area contributed by atoms with Crippen molar-refractivity contribution in [1.29, 1.82) is 0 Å². The van der Waals surface area contributed by atoms with Crippen molar-refractivity contribution in [3.8, 4) is 11.7 Å². The molecular weight excluding hydrogens is 461 g/mol. The highest BCUT2D eigenvalue weighted by molar-refractivity contribution is 6.30. The van der Waals surface area contributed by atoms with Crippen LogP contribution in [0.25, 0.3) is 5.82 Å². The number of carbonyl (C=O) groups is 1. The van der Waals surface area contributed by atoms with Crippen LogP contribution in [0.3, 0.4) is 0 Å². The van der Waals surface area contributed by atoms with E-state index >= 15 is 0 Å². The predicted molar refractivity (Wildman–Crippen MR) is 113 cm³/mol. The van der Waals surface area contributed by atoms with E-state index in [2.05, 4.69) is 20.2 Å². The van der Waals surface area contributed by atoms with E-state index in [9.17, 15) is 18.0 Å². The highest BCUT2D eigenvalue weighted by Crippen LogP contribution is 2.34. The molecule has 33 heavy (non-hydrogen) atoms. The van der Waals surface area contributed by atoms with Gasteiger partial charge in [0.05, 0.1) is 18.9 Å². The van der Waals surface area contributed by atoms with Crippen molar-refractivity contribution in [2.75, 3.05) is 33.3 Å². The number of hydrogen-bond donors (Lipinski definition) is 0. The van der Waals surface area contributed by atoms with Crippen LogP contribution in [0.5, 0.6) is 5.88 Å². The summed E-state index contributed by atoms with van der Waals surface area (Å²) in [6.45, 7) is 2.34. The normalized spacial score (nSPS) is 15.0. The number of amides is 1. The van der Waals surface area contributed by atoms with E-state index in [0.29, 0.717) is 42.4 Å². The highest BCUT2D eigenvalue weighted by Gasteiger charge is 2.42.